The molecule has 3 rings (SSSR count). The Morgan fingerprint density at radius 1 is 1.08 bits per heavy atom. The van der Waals surface area contributed by atoms with Crippen LogP contribution >= 0.6 is 0 Å². The second kappa shape index (κ2) is 6.57. The summed E-state index contributed by atoms with van der Waals surface area (Å²) >= 11 is 0. The molecule has 128 valence electrons. The van der Waals surface area contributed by atoms with Crippen molar-refractivity contribution in [2.24, 2.45) is 5.10 Å². The van der Waals surface area contributed by atoms with Crippen LogP contribution in [0.3, 0.4) is 0 Å². The maximum absolute atomic E-state index is 13.1. The first-order valence-corrected chi connectivity index (χ1v) is 7.91. The summed E-state index contributed by atoms with van der Waals surface area (Å²) in [4.78, 5) is 15.9. The average Bonchev–Trinajstić information content (AvgIpc) is 2.56. The van der Waals surface area contributed by atoms with Crippen LogP contribution in [-0.4, -0.2) is 16.6 Å². The molecule has 0 saturated heterocycles. The molecule has 5 nitrogen and oxygen atoms in total. The number of ether oxygens (including phenoxy) is 1. The fourth-order valence-electron chi connectivity index (χ4n) is 2.83. The monoisotopic (exact) mass is 340 g/mol. The highest BCUT2D eigenvalue weighted by molar-refractivity contribution is 6.28. The third-order valence-corrected chi connectivity index (χ3v) is 4.16. The van der Waals surface area contributed by atoms with E-state index in [0.29, 0.717) is 22.8 Å². The quantitative estimate of drug-likeness (QED) is 0.874. The molecule has 0 atom stereocenters. The number of allylic oxidation sites excluding steroid dienone is 1. The molecular formula is C19H19FN3O2+. The summed E-state index contributed by atoms with van der Waals surface area (Å²) in [6, 6.07) is 6.96. The first-order valence-electron chi connectivity index (χ1n) is 7.91. The van der Waals surface area contributed by atoms with E-state index < -0.39 is 5.82 Å². The summed E-state index contributed by atoms with van der Waals surface area (Å²) in [6.07, 6.45) is 1.13. The number of nitrogens with zero attached hydrogens (tertiary/aromatic N) is 2. The number of halogens is 1. The zero-order chi connectivity index (χ0) is 18.1. The van der Waals surface area contributed by atoms with Gasteiger partial charge in [-0.25, -0.2) is 14.2 Å². The molecule has 0 unspecified atom stereocenters. The molecule has 2 heterocycles. The minimum absolute atomic E-state index is 0.0773. The molecule has 0 bridgehead atoms. The number of amides is 1. The number of quaternary nitrogens is 1. The van der Waals surface area contributed by atoms with Crippen LogP contribution in [0.1, 0.15) is 30.5 Å². The predicted molar refractivity (Wildman–Crippen MR) is 92.8 cm³/mol. The first-order chi connectivity index (χ1) is 11.9. The molecule has 6 heteroatoms. The van der Waals surface area contributed by atoms with Gasteiger partial charge >= 0.3 is 5.91 Å². The third kappa shape index (κ3) is 3.34. The normalized spacial score (nSPS) is 14.6. The zero-order valence-electron chi connectivity index (χ0n) is 14.6. The minimum atomic E-state index is -0.396. The molecule has 25 heavy (non-hydrogen) atoms. The highest BCUT2D eigenvalue weighted by Crippen LogP contribution is 2.30. The van der Waals surface area contributed by atoms with Crippen LogP contribution < -0.4 is 10.2 Å². The van der Waals surface area contributed by atoms with Gasteiger partial charge in [-0.1, -0.05) is 11.2 Å². The number of aryl methyl sites for hydroxylation is 2. The van der Waals surface area contributed by atoms with E-state index in [2.05, 4.69) is 10.1 Å². The molecule has 1 aliphatic heterocycles. The van der Waals surface area contributed by atoms with Crippen molar-refractivity contribution in [2.75, 3.05) is 0 Å². The SMILES string of the molecule is CC1=N[NH2+]C(=O)C(C)=C1c1ccc(Oc2ncc(F)cc2C)cc1C. The van der Waals surface area contributed by atoms with Gasteiger partial charge in [-0.05, 0) is 57.0 Å². The first kappa shape index (κ1) is 17.0. The average molecular weight is 340 g/mol. The van der Waals surface area contributed by atoms with Crippen LogP contribution in [0.25, 0.3) is 5.57 Å². The van der Waals surface area contributed by atoms with Crippen LogP contribution in [0, 0.1) is 19.7 Å². The van der Waals surface area contributed by atoms with E-state index in [-0.39, 0.29) is 5.91 Å². The lowest BCUT2D eigenvalue weighted by Gasteiger charge is -2.16. The smallest absolute Gasteiger partial charge is 0.364 e. The molecule has 2 aromatic rings. The van der Waals surface area contributed by atoms with E-state index in [1.165, 1.54) is 11.5 Å². The second-order valence-electron chi connectivity index (χ2n) is 6.06. The molecule has 1 aromatic heterocycles. The standard InChI is InChI=1S/C19H18FN3O2/c1-10-8-15(25-19-11(2)7-14(20)9-21-19)5-6-16(10)17-12(3)18(24)23-22-13(17)4/h5-9H,1-4H3,(H,23,24)/p+1. The van der Waals surface area contributed by atoms with Crippen LogP contribution in [0.15, 0.2) is 41.1 Å². The van der Waals surface area contributed by atoms with Crippen molar-refractivity contribution in [1.82, 2.24) is 4.98 Å². The van der Waals surface area contributed by atoms with Crippen molar-refractivity contribution in [3.8, 4) is 11.6 Å². The van der Waals surface area contributed by atoms with Gasteiger partial charge in [0.2, 0.25) is 5.88 Å². The van der Waals surface area contributed by atoms with E-state index in [1.54, 1.807) is 6.92 Å². The number of aromatic nitrogens is 1. The van der Waals surface area contributed by atoms with Crippen LogP contribution in [-0.2, 0) is 4.79 Å². The molecule has 0 fully saturated rings. The maximum Gasteiger partial charge on any atom is 0.364 e. The number of primary amides is 1. The Bertz CT molecular complexity index is 932. The van der Waals surface area contributed by atoms with Gasteiger partial charge in [-0.15, -0.1) is 0 Å². The molecule has 0 aliphatic carbocycles. The van der Waals surface area contributed by atoms with Crippen molar-refractivity contribution in [3.05, 3.63) is 58.5 Å². The van der Waals surface area contributed by atoms with Crippen molar-refractivity contribution in [3.63, 3.8) is 0 Å². The Kier molecular flexibility index (Phi) is 4.46. The molecule has 1 aliphatic rings. The summed E-state index contributed by atoms with van der Waals surface area (Å²) < 4.78 is 18.9. The fourth-order valence-corrected chi connectivity index (χ4v) is 2.83. The number of pyridine rings is 1. The third-order valence-electron chi connectivity index (χ3n) is 4.16. The number of benzene rings is 1. The Hall–Kier alpha value is -2.86. The highest BCUT2D eigenvalue weighted by atomic mass is 19.1. The van der Waals surface area contributed by atoms with E-state index in [9.17, 15) is 9.18 Å². The Labute approximate surface area is 145 Å². The number of rotatable bonds is 3. The van der Waals surface area contributed by atoms with Gasteiger partial charge in [0.25, 0.3) is 0 Å². The Morgan fingerprint density at radius 2 is 1.84 bits per heavy atom. The van der Waals surface area contributed by atoms with Crippen molar-refractivity contribution in [2.45, 2.75) is 27.7 Å². The van der Waals surface area contributed by atoms with Crippen molar-refractivity contribution in [1.29, 1.82) is 0 Å². The summed E-state index contributed by atoms with van der Waals surface area (Å²) in [5, 5.41) is 4.18. The summed E-state index contributed by atoms with van der Waals surface area (Å²) in [5.74, 6) is 0.493. The van der Waals surface area contributed by atoms with E-state index in [0.717, 1.165) is 28.6 Å². The molecule has 0 spiro atoms. The molecule has 1 aromatic carbocycles. The number of hydrogen-bond acceptors (Lipinski definition) is 4. The lowest BCUT2D eigenvalue weighted by molar-refractivity contribution is -0.571. The lowest BCUT2D eigenvalue weighted by Crippen LogP contribution is -2.84. The Morgan fingerprint density at radius 3 is 2.52 bits per heavy atom. The lowest BCUT2D eigenvalue weighted by atomic mass is 9.92. The summed E-state index contributed by atoms with van der Waals surface area (Å²) in [7, 11) is 0. The molecule has 0 radical (unpaired) electrons. The van der Waals surface area contributed by atoms with Crippen molar-refractivity contribution < 1.29 is 19.3 Å². The summed E-state index contributed by atoms with van der Waals surface area (Å²) in [6.45, 7) is 7.38. The van der Waals surface area contributed by atoms with Crippen LogP contribution in [0.4, 0.5) is 4.39 Å². The highest BCUT2D eigenvalue weighted by Gasteiger charge is 2.24. The minimum Gasteiger partial charge on any atom is -0.439 e. The predicted octanol–water partition coefficient (Wildman–Crippen LogP) is 2.88. The summed E-state index contributed by atoms with van der Waals surface area (Å²) in [5.41, 5.74) is 6.21. The molecule has 2 N–H and O–H groups in total. The van der Waals surface area contributed by atoms with E-state index in [1.807, 2.05) is 39.0 Å². The van der Waals surface area contributed by atoms with E-state index in [4.69, 9.17) is 4.74 Å². The number of nitrogens with two attached hydrogens (primary N) is 1. The van der Waals surface area contributed by atoms with Crippen LogP contribution in [0.5, 0.6) is 11.6 Å². The van der Waals surface area contributed by atoms with Crippen molar-refractivity contribution >= 4 is 17.2 Å². The zero-order valence-corrected chi connectivity index (χ0v) is 14.6. The molecule has 1 amide bonds. The number of hydrogen-bond donors (Lipinski definition) is 1. The van der Waals surface area contributed by atoms with Gasteiger partial charge in [0, 0.05) is 11.1 Å². The second-order valence-corrected chi connectivity index (χ2v) is 6.06. The Balaban J connectivity index is 1.95. The van der Waals surface area contributed by atoms with Gasteiger partial charge < -0.3 is 4.74 Å². The van der Waals surface area contributed by atoms with Gasteiger partial charge in [0.1, 0.15) is 17.3 Å². The van der Waals surface area contributed by atoms with Gasteiger partial charge in [-0.3, -0.25) is 0 Å². The molecule has 0 saturated carbocycles. The van der Waals surface area contributed by atoms with Gasteiger partial charge in [-0.2, -0.15) is 5.43 Å². The molecular weight excluding hydrogens is 321 g/mol. The topological polar surface area (TPSA) is 68.2 Å². The van der Waals surface area contributed by atoms with E-state index >= 15 is 0 Å². The fraction of sp³-hybridized carbons (Fsp3) is 0.211. The maximum atomic E-state index is 13.1. The van der Waals surface area contributed by atoms with Gasteiger partial charge in [0.05, 0.1) is 11.8 Å². The largest absolute Gasteiger partial charge is 0.439 e. The number of carbonyl (C=O) groups is 1. The number of carbonyl (C=O) groups excluding carboxylic acids is 1. The van der Waals surface area contributed by atoms with Gasteiger partial charge in [0.15, 0.2) is 0 Å². The van der Waals surface area contributed by atoms with Crippen LogP contribution in [0.2, 0.25) is 0 Å².